The van der Waals surface area contributed by atoms with Gasteiger partial charge in [-0.05, 0) is 60.9 Å². The lowest BCUT2D eigenvalue weighted by atomic mass is 9.75. The van der Waals surface area contributed by atoms with E-state index in [0.717, 1.165) is 31.2 Å². The number of hydrogen-bond acceptors (Lipinski definition) is 3. The number of halogens is 3. The Morgan fingerprint density at radius 3 is 2.39 bits per heavy atom. The molecule has 0 unspecified atom stereocenters. The number of amides is 1. The largest absolute Gasteiger partial charge is 0.465 e. The summed E-state index contributed by atoms with van der Waals surface area (Å²) in [7, 11) is 0. The second-order valence-electron chi connectivity index (χ2n) is 9.31. The molecule has 0 aliphatic heterocycles. The molecule has 9 heteroatoms. The van der Waals surface area contributed by atoms with Gasteiger partial charge in [-0.2, -0.15) is 13.2 Å². The number of rotatable bonds is 5. The molecule has 1 fully saturated rings. The van der Waals surface area contributed by atoms with Crippen LogP contribution >= 0.6 is 0 Å². The van der Waals surface area contributed by atoms with E-state index in [1.165, 1.54) is 17.0 Å². The summed E-state index contributed by atoms with van der Waals surface area (Å²) in [6.45, 7) is 4.72. The van der Waals surface area contributed by atoms with Crippen LogP contribution in [0.3, 0.4) is 0 Å². The molecule has 1 saturated carbocycles. The van der Waals surface area contributed by atoms with E-state index in [1.807, 2.05) is 0 Å². The number of nitrogens with one attached hydrogen (secondary N) is 1. The minimum absolute atomic E-state index is 0.00849. The number of fused-ring (bicyclic) bond motifs is 1. The molecule has 0 saturated heterocycles. The van der Waals surface area contributed by atoms with Crippen molar-refractivity contribution in [3.8, 4) is 11.5 Å². The summed E-state index contributed by atoms with van der Waals surface area (Å²) in [5.74, 6) is -0.192. The zero-order chi connectivity index (χ0) is 23.8. The average molecular weight is 461 g/mol. The van der Waals surface area contributed by atoms with Crippen molar-refractivity contribution in [2.45, 2.75) is 58.3 Å². The van der Waals surface area contributed by atoms with Crippen LogP contribution in [-0.2, 0) is 12.7 Å². The molecule has 1 aliphatic rings. The molecule has 3 aromatic rings. The van der Waals surface area contributed by atoms with Crippen LogP contribution in [0.5, 0.6) is 11.5 Å². The summed E-state index contributed by atoms with van der Waals surface area (Å²) < 4.78 is 44.3. The lowest BCUT2D eigenvalue weighted by Crippen LogP contribution is -2.42. The van der Waals surface area contributed by atoms with E-state index in [0.29, 0.717) is 18.0 Å². The summed E-state index contributed by atoms with van der Waals surface area (Å²) in [6.07, 6.45) is -1.77. The highest BCUT2D eigenvalue weighted by Crippen LogP contribution is 2.37. The second-order valence-corrected chi connectivity index (χ2v) is 9.31. The van der Waals surface area contributed by atoms with Crippen LogP contribution in [0, 0.1) is 5.41 Å². The van der Waals surface area contributed by atoms with Crippen molar-refractivity contribution >= 4 is 17.1 Å². The number of aromatic amines is 1. The summed E-state index contributed by atoms with van der Waals surface area (Å²) in [6, 6.07) is 11.5. The van der Waals surface area contributed by atoms with Crippen LogP contribution < -0.4 is 4.74 Å². The highest BCUT2D eigenvalue weighted by molar-refractivity contribution is 5.77. The van der Waals surface area contributed by atoms with Crippen LogP contribution in [0.1, 0.15) is 50.9 Å². The summed E-state index contributed by atoms with van der Waals surface area (Å²) >= 11 is 0. The predicted molar refractivity (Wildman–Crippen MR) is 117 cm³/mol. The maximum Gasteiger partial charge on any atom is 0.449 e. The first-order valence-electron chi connectivity index (χ1n) is 10.8. The first-order valence-corrected chi connectivity index (χ1v) is 10.8. The average Bonchev–Trinajstić information content (AvgIpc) is 3.17. The van der Waals surface area contributed by atoms with Crippen LogP contribution in [-0.4, -0.2) is 32.1 Å². The van der Waals surface area contributed by atoms with Crippen molar-refractivity contribution in [2.24, 2.45) is 5.41 Å². The number of carbonyl (C=O) groups is 1. The van der Waals surface area contributed by atoms with Crippen molar-refractivity contribution in [2.75, 3.05) is 0 Å². The van der Waals surface area contributed by atoms with E-state index in [1.54, 1.807) is 30.3 Å². The van der Waals surface area contributed by atoms with Gasteiger partial charge < -0.3 is 19.7 Å². The Labute approximate surface area is 189 Å². The fourth-order valence-corrected chi connectivity index (χ4v) is 4.23. The quantitative estimate of drug-likeness (QED) is 0.437. The Bertz CT molecular complexity index is 1130. The molecule has 0 atom stereocenters. The smallest absolute Gasteiger partial charge is 0.449 e. The summed E-state index contributed by atoms with van der Waals surface area (Å²) in [4.78, 5) is 19.2. The number of aromatic nitrogens is 2. The minimum Gasteiger partial charge on any atom is -0.465 e. The van der Waals surface area contributed by atoms with E-state index >= 15 is 0 Å². The molecule has 0 spiro atoms. The first kappa shape index (κ1) is 22.9. The van der Waals surface area contributed by atoms with Gasteiger partial charge >= 0.3 is 12.3 Å². The van der Waals surface area contributed by atoms with Crippen LogP contribution in [0.15, 0.2) is 42.5 Å². The Morgan fingerprint density at radius 2 is 1.79 bits per heavy atom. The number of benzene rings is 2. The Balaban J connectivity index is 1.43. The van der Waals surface area contributed by atoms with Gasteiger partial charge in [-0.3, -0.25) is 0 Å². The number of hydrogen-bond donors (Lipinski definition) is 2. The van der Waals surface area contributed by atoms with Crippen LogP contribution in [0.4, 0.5) is 18.0 Å². The number of imidazole rings is 1. The predicted octanol–water partition coefficient (Wildman–Crippen LogP) is 6.82. The van der Waals surface area contributed by atoms with Gasteiger partial charge in [0.15, 0.2) is 0 Å². The third-order valence-electron chi connectivity index (χ3n) is 6.23. The van der Waals surface area contributed by atoms with E-state index in [2.05, 4.69) is 23.8 Å². The number of H-pyrrole nitrogens is 1. The van der Waals surface area contributed by atoms with Crippen molar-refractivity contribution in [1.29, 1.82) is 0 Å². The number of alkyl halides is 3. The molecular weight excluding hydrogens is 435 g/mol. The van der Waals surface area contributed by atoms with Gasteiger partial charge in [0, 0.05) is 18.7 Å². The van der Waals surface area contributed by atoms with E-state index in [-0.39, 0.29) is 22.5 Å². The highest BCUT2D eigenvalue weighted by atomic mass is 19.4. The first-order chi connectivity index (χ1) is 15.5. The Hall–Kier alpha value is -3.23. The van der Waals surface area contributed by atoms with E-state index < -0.39 is 18.1 Å². The number of nitrogens with zero attached hydrogens (tertiary/aromatic N) is 2. The number of carboxylic acid groups (broad SMARTS) is 1. The molecule has 2 aromatic carbocycles. The molecule has 0 bridgehead atoms. The monoisotopic (exact) mass is 461 g/mol. The topological polar surface area (TPSA) is 78.5 Å². The van der Waals surface area contributed by atoms with Crippen molar-refractivity contribution < 1.29 is 27.8 Å². The molecule has 0 radical (unpaired) electrons. The van der Waals surface area contributed by atoms with Gasteiger partial charge in [-0.15, -0.1) is 0 Å². The minimum atomic E-state index is -4.55. The SMILES string of the molecule is CC1(C)CCC(N(Cc2ccc(Oc3ccc4nc(C(F)(F)F)[nH]c4c3)cc2)C(=O)O)CC1. The molecule has 4 rings (SSSR count). The number of ether oxygens (including phenoxy) is 1. The summed E-state index contributed by atoms with van der Waals surface area (Å²) in [5, 5.41) is 9.73. The van der Waals surface area contributed by atoms with Gasteiger partial charge in [0.2, 0.25) is 5.82 Å². The fourth-order valence-electron chi connectivity index (χ4n) is 4.23. The van der Waals surface area contributed by atoms with Crippen molar-refractivity contribution in [3.63, 3.8) is 0 Å². The maximum absolute atomic E-state index is 12.8. The van der Waals surface area contributed by atoms with Gasteiger partial charge in [0.25, 0.3) is 0 Å². The normalized spacial score (nSPS) is 16.6. The van der Waals surface area contributed by atoms with E-state index in [4.69, 9.17) is 4.74 Å². The van der Waals surface area contributed by atoms with Gasteiger partial charge in [0.05, 0.1) is 11.0 Å². The van der Waals surface area contributed by atoms with E-state index in [9.17, 15) is 23.1 Å². The lowest BCUT2D eigenvalue weighted by molar-refractivity contribution is -0.144. The highest BCUT2D eigenvalue weighted by Gasteiger charge is 2.35. The van der Waals surface area contributed by atoms with Gasteiger partial charge in [0.1, 0.15) is 11.5 Å². The van der Waals surface area contributed by atoms with Crippen molar-refractivity contribution in [3.05, 3.63) is 53.9 Å². The molecule has 2 N–H and O–H groups in total. The molecule has 1 amide bonds. The van der Waals surface area contributed by atoms with Gasteiger partial charge in [-0.1, -0.05) is 26.0 Å². The molecule has 6 nitrogen and oxygen atoms in total. The third kappa shape index (κ3) is 5.40. The van der Waals surface area contributed by atoms with Crippen LogP contribution in [0.25, 0.3) is 11.0 Å². The Morgan fingerprint density at radius 1 is 1.15 bits per heavy atom. The molecule has 176 valence electrons. The molecule has 1 aliphatic carbocycles. The van der Waals surface area contributed by atoms with Crippen LogP contribution in [0.2, 0.25) is 0 Å². The Kier molecular flexibility index (Phi) is 5.99. The lowest BCUT2D eigenvalue weighted by Gasteiger charge is -2.39. The maximum atomic E-state index is 12.8. The third-order valence-corrected chi connectivity index (χ3v) is 6.23. The standard InChI is InChI=1S/C24H26F3N3O3/c1-23(2)11-9-16(10-12-23)30(22(31)32)14-15-3-5-17(6-4-15)33-18-7-8-19-20(13-18)29-21(28-19)24(25,26)27/h3-8,13,16H,9-12,14H2,1-2H3,(H,28,29)(H,31,32). The fraction of sp³-hybridized carbons (Fsp3) is 0.417. The molecular formula is C24H26F3N3O3. The second kappa shape index (κ2) is 8.61. The molecule has 1 aromatic heterocycles. The zero-order valence-corrected chi connectivity index (χ0v) is 18.4. The summed E-state index contributed by atoms with van der Waals surface area (Å²) in [5.41, 5.74) is 1.52. The van der Waals surface area contributed by atoms with Gasteiger partial charge in [-0.25, -0.2) is 9.78 Å². The molecule has 1 heterocycles. The molecule has 33 heavy (non-hydrogen) atoms. The zero-order valence-electron chi connectivity index (χ0n) is 18.4. The van der Waals surface area contributed by atoms with Crippen molar-refractivity contribution in [1.82, 2.24) is 14.9 Å².